The molecule has 8 nitrogen and oxygen atoms in total. The lowest BCUT2D eigenvalue weighted by Crippen LogP contribution is -2.55. The van der Waals surface area contributed by atoms with Crippen molar-refractivity contribution in [3.8, 4) is 6.07 Å². The number of primary amides is 1. The predicted molar refractivity (Wildman–Crippen MR) is 98.9 cm³/mol. The van der Waals surface area contributed by atoms with Crippen LogP contribution in [0.3, 0.4) is 0 Å². The van der Waals surface area contributed by atoms with Gasteiger partial charge in [0.05, 0.1) is 6.07 Å². The number of hydrogen-bond donors (Lipinski definition) is 3. The number of ether oxygens (including phenoxy) is 1. The van der Waals surface area contributed by atoms with Crippen molar-refractivity contribution < 1.29 is 19.1 Å². The molecule has 0 aliphatic heterocycles. The Kier molecular flexibility index (Phi) is 8.79. The van der Waals surface area contributed by atoms with Gasteiger partial charge in [0.1, 0.15) is 18.7 Å². The summed E-state index contributed by atoms with van der Waals surface area (Å²) >= 11 is 0. The topological polar surface area (TPSA) is 134 Å². The molecule has 0 saturated heterocycles. The van der Waals surface area contributed by atoms with Crippen LogP contribution in [0.15, 0.2) is 30.3 Å². The van der Waals surface area contributed by atoms with Crippen LogP contribution in [0.4, 0.5) is 4.79 Å². The fraction of sp³-hybridized carbons (Fsp3) is 0.474. The molecular weight excluding hydrogens is 348 g/mol. The third kappa shape index (κ3) is 7.77. The molecular formula is C19H26N4O4. The van der Waals surface area contributed by atoms with E-state index in [0.717, 1.165) is 5.56 Å². The smallest absolute Gasteiger partial charge is 0.408 e. The first kappa shape index (κ1) is 22.0. The van der Waals surface area contributed by atoms with E-state index in [1.807, 2.05) is 36.4 Å². The second-order valence-electron chi connectivity index (χ2n) is 6.66. The first-order valence-electron chi connectivity index (χ1n) is 8.71. The fourth-order valence-electron chi connectivity index (χ4n) is 2.34. The van der Waals surface area contributed by atoms with E-state index in [1.165, 1.54) is 0 Å². The SMILES string of the molecule is CC(C)[C@H](NC(=O)OCc1ccccc1)C(=O)N[C@@H](C[C@@H](C)C#N)C(N)=O. The van der Waals surface area contributed by atoms with Crippen molar-refractivity contribution in [1.29, 1.82) is 5.26 Å². The Labute approximate surface area is 159 Å². The summed E-state index contributed by atoms with van der Waals surface area (Å²) < 4.78 is 5.13. The number of carbonyl (C=O) groups is 3. The molecule has 4 N–H and O–H groups in total. The van der Waals surface area contributed by atoms with Gasteiger partial charge in [0.15, 0.2) is 0 Å². The fourth-order valence-corrected chi connectivity index (χ4v) is 2.34. The van der Waals surface area contributed by atoms with Crippen LogP contribution < -0.4 is 16.4 Å². The maximum atomic E-state index is 12.5. The number of nitrogens with zero attached hydrogens (tertiary/aromatic N) is 1. The van der Waals surface area contributed by atoms with Gasteiger partial charge in [-0.05, 0) is 24.8 Å². The molecule has 0 aliphatic rings. The number of nitrogens with two attached hydrogens (primary N) is 1. The maximum absolute atomic E-state index is 12.5. The maximum Gasteiger partial charge on any atom is 0.408 e. The van der Waals surface area contributed by atoms with Gasteiger partial charge in [-0.15, -0.1) is 0 Å². The van der Waals surface area contributed by atoms with Crippen LogP contribution in [-0.2, 0) is 20.9 Å². The minimum atomic E-state index is -0.990. The zero-order chi connectivity index (χ0) is 20.4. The van der Waals surface area contributed by atoms with Gasteiger partial charge in [0.25, 0.3) is 0 Å². The molecule has 146 valence electrons. The van der Waals surface area contributed by atoms with E-state index in [1.54, 1.807) is 20.8 Å². The molecule has 3 atom stereocenters. The summed E-state index contributed by atoms with van der Waals surface area (Å²) in [6, 6.07) is 9.22. The summed E-state index contributed by atoms with van der Waals surface area (Å²) in [5.74, 6) is -2.00. The Balaban J connectivity index is 2.67. The number of alkyl carbamates (subject to hydrolysis) is 1. The minimum Gasteiger partial charge on any atom is -0.445 e. The van der Waals surface area contributed by atoms with E-state index < -0.39 is 35.9 Å². The van der Waals surface area contributed by atoms with Crippen LogP contribution in [0.25, 0.3) is 0 Å². The van der Waals surface area contributed by atoms with E-state index in [0.29, 0.717) is 0 Å². The molecule has 0 saturated carbocycles. The highest BCUT2D eigenvalue weighted by Gasteiger charge is 2.29. The quantitative estimate of drug-likeness (QED) is 0.601. The number of benzene rings is 1. The average molecular weight is 374 g/mol. The van der Waals surface area contributed by atoms with Crippen LogP contribution in [0.1, 0.15) is 32.8 Å². The van der Waals surface area contributed by atoms with E-state index in [4.69, 9.17) is 15.7 Å². The van der Waals surface area contributed by atoms with Gasteiger partial charge < -0.3 is 21.1 Å². The lowest BCUT2D eigenvalue weighted by molar-refractivity contribution is -0.129. The Morgan fingerprint density at radius 3 is 2.30 bits per heavy atom. The normalized spacial score (nSPS) is 13.7. The molecule has 1 aromatic carbocycles. The van der Waals surface area contributed by atoms with Gasteiger partial charge >= 0.3 is 6.09 Å². The van der Waals surface area contributed by atoms with Gasteiger partial charge in [0.2, 0.25) is 11.8 Å². The minimum absolute atomic E-state index is 0.0721. The number of amides is 3. The first-order chi connectivity index (χ1) is 12.7. The molecule has 0 aliphatic carbocycles. The zero-order valence-electron chi connectivity index (χ0n) is 15.8. The first-order valence-corrected chi connectivity index (χ1v) is 8.71. The van der Waals surface area contributed by atoms with Crippen molar-refractivity contribution in [3.63, 3.8) is 0 Å². The summed E-state index contributed by atoms with van der Waals surface area (Å²) in [4.78, 5) is 36.1. The van der Waals surface area contributed by atoms with Crippen molar-refractivity contribution >= 4 is 17.9 Å². The van der Waals surface area contributed by atoms with Crippen molar-refractivity contribution in [1.82, 2.24) is 10.6 Å². The van der Waals surface area contributed by atoms with E-state index >= 15 is 0 Å². The average Bonchev–Trinajstić information content (AvgIpc) is 2.64. The monoisotopic (exact) mass is 374 g/mol. The van der Waals surface area contributed by atoms with Gasteiger partial charge in [-0.1, -0.05) is 44.2 Å². The highest BCUT2D eigenvalue weighted by molar-refractivity contribution is 5.90. The molecule has 1 aromatic rings. The summed E-state index contributed by atoms with van der Waals surface area (Å²) in [6.45, 7) is 5.20. The third-order valence-electron chi connectivity index (χ3n) is 3.90. The number of nitriles is 1. The Bertz CT molecular complexity index is 685. The largest absolute Gasteiger partial charge is 0.445 e. The van der Waals surface area contributed by atoms with Gasteiger partial charge in [-0.2, -0.15) is 5.26 Å². The predicted octanol–water partition coefficient (Wildman–Crippen LogP) is 1.46. The van der Waals surface area contributed by atoms with Crippen LogP contribution >= 0.6 is 0 Å². The number of nitrogens with one attached hydrogen (secondary N) is 2. The molecule has 0 spiro atoms. The third-order valence-corrected chi connectivity index (χ3v) is 3.90. The van der Waals surface area contributed by atoms with Crippen molar-refractivity contribution in [2.24, 2.45) is 17.6 Å². The molecule has 0 radical (unpaired) electrons. The molecule has 1 rings (SSSR count). The lowest BCUT2D eigenvalue weighted by Gasteiger charge is -2.24. The molecule has 0 heterocycles. The highest BCUT2D eigenvalue weighted by Crippen LogP contribution is 2.08. The van der Waals surface area contributed by atoms with Crippen LogP contribution in [0.2, 0.25) is 0 Å². The molecule has 0 bridgehead atoms. The molecule has 0 unspecified atom stereocenters. The number of carbonyl (C=O) groups excluding carboxylic acids is 3. The molecule has 27 heavy (non-hydrogen) atoms. The van der Waals surface area contributed by atoms with Gasteiger partial charge in [0, 0.05) is 5.92 Å². The summed E-state index contributed by atoms with van der Waals surface area (Å²) in [7, 11) is 0. The Morgan fingerprint density at radius 2 is 1.78 bits per heavy atom. The number of rotatable bonds is 9. The molecule has 0 fully saturated rings. The summed E-state index contributed by atoms with van der Waals surface area (Å²) in [5, 5.41) is 13.9. The standard InChI is InChI=1S/C19H26N4O4/c1-12(2)16(18(25)22-15(17(21)24)9-13(3)10-20)23-19(26)27-11-14-7-5-4-6-8-14/h4-8,12-13,15-16H,9,11H2,1-3H3,(H2,21,24)(H,22,25)(H,23,26)/t13-,15+,16+/m1/s1. The second-order valence-corrected chi connectivity index (χ2v) is 6.66. The van der Waals surface area contributed by atoms with Crippen LogP contribution in [0, 0.1) is 23.2 Å². The highest BCUT2D eigenvalue weighted by atomic mass is 16.5. The molecule has 8 heteroatoms. The van der Waals surface area contributed by atoms with Crippen molar-refractivity contribution in [2.45, 2.75) is 45.9 Å². The van der Waals surface area contributed by atoms with Crippen molar-refractivity contribution in [3.05, 3.63) is 35.9 Å². The summed E-state index contributed by atoms with van der Waals surface area (Å²) in [6.07, 6.45) is -0.644. The van der Waals surface area contributed by atoms with Crippen LogP contribution in [0.5, 0.6) is 0 Å². The lowest BCUT2D eigenvalue weighted by atomic mass is 10.00. The summed E-state index contributed by atoms with van der Waals surface area (Å²) in [5.41, 5.74) is 6.12. The van der Waals surface area contributed by atoms with Crippen LogP contribution in [-0.4, -0.2) is 30.0 Å². The van der Waals surface area contributed by atoms with E-state index in [-0.39, 0.29) is 18.9 Å². The molecule has 0 aromatic heterocycles. The second kappa shape index (κ2) is 10.8. The number of hydrogen-bond acceptors (Lipinski definition) is 5. The Morgan fingerprint density at radius 1 is 1.15 bits per heavy atom. The Hall–Kier alpha value is -3.08. The van der Waals surface area contributed by atoms with E-state index in [2.05, 4.69) is 10.6 Å². The van der Waals surface area contributed by atoms with Gasteiger partial charge in [-0.3, -0.25) is 9.59 Å². The van der Waals surface area contributed by atoms with Gasteiger partial charge in [-0.25, -0.2) is 4.79 Å². The zero-order valence-corrected chi connectivity index (χ0v) is 15.8. The van der Waals surface area contributed by atoms with Crippen molar-refractivity contribution in [2.75, 3.05) is 0 Å². The van der Waals surface area contributed by atoms with E-state index in [9.17, 15) is 14.4 Å². The molecule has 3 amide bonds.